The minimum absolute atomic E-state index is 0.00653. The van der Waals surface area contributed by atoms with Crippen LogP contribution in [0, 0.1) is 0 Å². The number of amides is 1. The van der Waals surface area contributed by atoms with E-state index in [9.17, 15) is 18.0 Å². The van der Waals surface area contributed by atoms with E-state index in [1.165, 1.54) is 23.6 Å². The second-order valence-corrected chi connectivity index (χ2v) is 7.74. The number of carbonyl (C=O) groups excluding carboxylic acids is 1. The van der Waals surface area contributed by atoms with Gasteiger partial charge in [-0.2, -0.15) is 13.2 Å². The van der Waals surface area contributed by atoms with Crippen LogP contribution in [0.2, 0.25) is 0 Å². The third-order valence-corrected chi connectivity index (χ3v) is 5.56. The summed E-state index contributed by atoms with van der Waals surface area (Å²) in [5.74, 6) is 0.00653. The Hall–Kier alpha value is -2.94. The molecule has 2 N–H and O–H groups in total. The molecule has 0 aliphatic carbocycles. The third-order valence-electron chi connectivity index (χ3n) is 4.55. The lowest BCUT2D eigenvalue weighted by molar-refractivity contribution is -0.141. The molecule has 1 amide bonds. The summed E-state index contributed by atoms with van der Waals surface area (Å²) < 4.78 is 37.6. The van der Waals surface area contributed by atoms with E-state index in [-0.39, 0.29) is 5.91 Å². The van der Waals surface area contributed by atoms with Gasteiger partial charge >= 0.3 is 6.18 Å². The SMILES string of the molecule is O=C1Cc2cc(-c3cnc(NCCCc4ccc(C(F)(F)F)nc4)s3)ccc2N1. The fourth-order valence-electron chi connectivity index (χ4n) is 3.10. The summed E-state index contributed by atoms with van der Waals surface area (Å²) in [6, 6.07) is 8.34. The molecule has 3 heterocycles. The van der Waals surface area contributed by atoms with Crippen LogP contribution in [0.25, 0.3) is 10.4 Å². The van der Waals surface area contributed by atoms with Gasteiger partial charge in [-0.3, -0.25) is 9.78 Å². The molecule has 2 aromatic heterocycles. The highest BCUT2D eigenvalue weighted by atomic mass is 32.1. The topological polar surface area (TPSA) is 66.9 Å². The minimum Gasteiger partial charge on any atom is -0.361 e. The lowest BCUT2D eigenvalue weighted by Gasteiger charge is -2.07. The summed E-state index contributed by atoms with van der Waals surface area (Å²) in [7, 11) is 0. The van der Waals surface area contributed by atoms with E-state index in [1.54, 1.807) is 6.20 Å². The van der Waals surface area contributed by atoms with Crippen molar-refractivity contribution in [3.63, 3.8) is 0 Å². The Labute approximate surface area is 169 Å². The van der Waals surface area contributed by atoms with Gasteiger partial charge in [0.15, 0.2) is 5.13 Å². The maximum Gasteiger partial charge on any atom is 0.433 e. The second kappa shape index (κ2) is 7.82. The van der Waals surface area contributed by atoms with E-state index in [1.807, 2.05) is 18.2 Å². The molecule has 150 valence electrons. The van der Waals surface area contributed by atoms with Crippen LogP contribution in [0.5, 0.6) is 0 Å². The van der Waals surface area contributed by atoms with Crippen molar-refractivity contribution in [1.82, 2.24) is 9.97 Å². The number of anilines is 2. The molecule has 1 aromatic carbocycles. The van der Waals surface area contributed by atoms with Gasteiger partial charge in [0, 0.05) is 24.6 Å². The van der Waals surface area contributed by atoms with Crippen molar-refractivity contribution in [2.24, 2.45) is 0 Å². The predicted molar refractivity (Wildman–Crippen MR) is 106 cm³/mol. The van der Waals surface area contributed by atoms with Crippen molar-refractivity contribution in [2.75, 3.05) is 17.2 Å². The number of nitrogens with one attached hydrogen (secondary N) is 2. The molecule has 0 unspecified atom stereocenters. The highest BCUT2D eigenvalue weighted by Gasteiger charge is 2.31. The van der Waals surface area contributed by atoms with Gasteiger partial charge in [-0.1, -0.05) is 23.5 Å². The first-order valence-electron chi connectivity index (χ1n) is 9.03. The van der Waals surface area contributed by atoms with Crippen LogP contribution in [0.4, 0.5) is 24.0 Å². The first-order chi connectivity index (χ1) is 13.9. The van der Waals surface area contributed by atoms with Crippen LogP contribution in [0.1, 0.15) is 23.2 Å². The van der Waals surface area contributed by atoms with Crippen LogP contribution >= 0.6 is 11.3 Å². The average molecular weight is 418 g/mol. The van der Waals surface area contributed by atoms with E-state index in [4.69, 9.17) is 0 Å². The van der Waals surface area contributed by atoms with Crippen LogP contribution in [0.15, 0.2) is 42.7 Å². The zero-order chi connectivity index (χ0) is 20.4. The number of nitrogens with zero attached hydrogens (tertiary/aromatic N) is 2. The summed E-state index contributed by atoms with van der Waals surface area (Å²) in [5, 5.41) is 6.83. The molecule has 0 radical (unpaired) electrons. The van der Waals surface area contributed by atoms with Crippen molar-refractivity contribution in [3.8, 4) is 10.4 Å². The number of thiazole rings is 1. The molecule has 0 fully saturated rings. The summed E-state index contributed by atoms with van der Waals surface area (Å²) in [6.07, 6.45) is 0.423. The van der Waals surface area contributed by atoms with E-state index in [0.29, 0.717) is 19.4 Å². The molecule has 5 nitrogen and oxygen atoms in total. The fraction of sp³-hybridized carbons (Fsp3) is 0.250. The Morgan fingerprint density at radius 3 is 2.76 bits per heavy atom. The number of halogens is 3. The smallest absolute Gasteiger partial charge is 0.361 e. The molecule has 1 aliphatic heterocycles. The molecular formula is C20H17F3N4OS. The fourth-order valence-corrected chi connectivity index (χ4v) is 3.94. The maximum atomic E-state index is 12.5. The van der Waals surface area contributed by atoms with Crippen LogP contribution < -0.4 is 10.6 Å². The lowest BCUT2D eigenvalue weighted by Crippen LogP contribution is -2.08. The van der Waals surface area contributed by atoms with Crippen molar-refractivity contribution >= 4 is 28.1 Å². The number of aromatic nitrogens is 2. The number of hydrogen-bond donors (Lipinski definition) is 2. The summed E-state index contributed by atoms with van der Waals surface area (Å²) >= 11 is 1.52. The summed E-state index contributed by atoms with van der Waals surface area (Å²) in [6.45, 7) is 0.649. The third kappa shape index (κ3) is 4.56. The van der Waals surface area contributed by atoms with Gasteiger partial charge in [0.05, 0.1) is 11.3 Å². The number of rotatable bonds is 6. The van der Waals surface area contributed by atoms with Crippen LogP contribution in [-0.2, 0) is 23.8 Å². The number of hydrogen-bond acceptors (Lipinski definition) is 5. The van der Waals surface area contributed by atoms with Crippen molar-refractivity contribution in [2.45, 2.75) is 25.4 Å². The van der Waals surface area contributed by atoms with Crippen LogP contribution in [-0.4, -0.2) is 22.4 Å². The Balaban J connectivity index is 1.29. The Morgan fingerprint density at radius 2 is 2.00 bits per heavy atom. The maximum absolute atomic E-state index is 12.5. The van der Waals surface area contributed by atoms with E-state index in [0.717, 1.165) is 44.9 Å². The zero-order valence-electron chi connectivity index (χ0n) is 15.2. The number of aryl methyl sites for hydroxylation is 1. The molecular weight excluding hydrogens is 401 g/mol. The molecule has 0 bridgehead atoms. The number of benzene rings is 1. The van der Waals surface area contributed by atoms with Gasteiger partial charge in [-0.25, -0.2) is 4.98 Å². The van der Waals surface area contributed by atoms with Crippen molar-refractivity contribution < 1.29 is 18.0 Å². The predicted octanol–water partition coefficient (Wildman–Crippen LogP) is 4.76. The Morgan fingerprint density at radius 1 is 1.14 bits per heavy atom. The number of carbonyl (C=O) groups is 1. The summed E-state index contributed by atoms with van der Waals surface area (Å²) in [5.41, 5.74) is 2.75. The molecule has 0 atom stereocenters. The summed E-state index contributed by atoms with van der Waals surface area (Å²) in [4.78, 5) is 20.3. The molecule has 0 saturated carbocycles. The van der Waals surface area contributed by atoms with Gasteiger partial charge in [-0.05, 0) is 47.7 Å². The average Bonchev–Trinajstić information content (AvgIpc) is 3.30. The van der Waals surface area contributed by atoms with Gasteiger partial charge < -0.3 is 10.6 Å². The minimum atomic E-state index is -4.41. The lowest BCUT2D eigenvalue weighted by atomic mass is 10.1. The van der Waals surface area contributed by atoms with Gasteiger partial charge in [-0.15, -0.1) is 0 Å². The van der Waals surface area contributed by atoms with Gasteiger partial charge in [0.2, 0.25) is 5.91 Å². The largest absolute Gasteiger partial charge is 0.433 e. The van der Waals surface area contributed by atoms with Gasteiger partial charge in [0.25, 0.3) is 0 Å². The van der Waals surface area contributed by atoms with Crippen LogP contribution in [0.3, 0.4) is 0 Å². The van der Waals surface area contributed by atoms with E-state index < -0.39 is 11.9 Å². The number of fused-ring (bicyclic) bond motifs is 1. The molecule has 29 heavy (non-hydrogen) atoms. The molecule has 0 saturated heterocycles. The molecule has 9 heteroatoms. The van der Waals surface area contributed by atoms with E-state index >= 15 is 0 Å². The first-order valence-corrected chi connectivity index (χ1v) is 9.85. The van der Waals surface area contributed by atoms with E-state index in [2.05, 4.69) is 20.6 Å². The second-order valence-electron chi connectivity index (χ2n) is 6.71. The Kier molecular flexibility index (Phi) is 5.23. The van der Waals surface area contributed by atoms with Gasteiger partial charge in [0.1, 0.15) is 5.69 Å². The zero-order valence-corrected chi connectivity index (χ0v) is 16.0. The standard InChI is InChI=1S/C20H17F3N4OS/c21-20(22,23)17-6-3-12(10-25-17)2-1-7-24-19-26-11-16(29-19)13-4-5-15-14(8-13)9-18(28)27-15/h3-6,8,10-11H,1-2,7,9H2,(H,24,26)(H,27,28). The normalized spacial score (nSPS) is 13.3. The Bertz CT molecular complexity index is 1030. The highest BCUT2D eigenvalue weighted by molar-refractivity contribution is 7.18. The molecule has 4 rings (SSSR count). The molecule has 3 aromatic rings. The quantitative estimate of drug-likeness (QED) is 0.567. The van der Waals surface area contributed by atoms with Crippen molar-refractivity contribution in [1.29, 1.82) is 0 Å². The molecule has 1 aliphatic rings. The number of pyridine rings is 1. The highest BCUT2D eigenvalue weighted by Crippen LogP contribution is 2.33. The monoisotopic (exact) mass is 418 g/mol. The molecule has 0 spiro atoms. The van der Waals surface area contributed by atoms with Crippen molar-refractivity contribution in [3.05, 3.63) is 59.5 Å². The first kappa shape index (κ1) is 19.4. The number of alkyl halides is 3.